The van der Waals surface area contributed by atoms with E-state index in [1.54, 1.807) is 7.11 Å². The van der Waals surface area contributed by atoms with E-state index in [0.29, 0.717) is 24.3 Å². The summed E-state index contributed by atoms with van der Waals surface area (Å²) in [5.41, 5.74) is 2.59. The van der Waals surface area contributed by atoms with Gasteiger partial charge in [-0.1, -0.05) is 6.92 Å². The van der Waals surface area contributed by atoms with Crippen LogP contribution in [0.2, 0.25) is 0 Å². The number of ether oxygens (including phenoxy) is 1. The molecular weight excluding hydrogens is 230 g/mol. The maximum atomic E-state index is 5.45. The van der Waals surface area contributed by atoms with Crippen molar-refractivity contribution in [2.45, 2.75) is 38.8 Å². The number of hydrogen-bond donors (Lipinski definition) is 2. The van der Waals surface area contributed by atoms with E-state index in [2.05, 4.69) is 27.2 Å². The van der Waals surface area contributed by atoms with Gasteiger partial charge in [-0.05, 0) is 19.3 Å². The Labute approximate surface area is 108 Å². The SMILES string of the molecule is CCC1CCCN1c1cc(NN)nc(COC)n1. The summed E-state index contributed by atoms with van der Waals surface area (Å²) in [6.07, 6.45) is 3.58. The van der Waals surface area contributed by atoms with Gasteiger partial charge in [0, 0.05) is 25.8 Å². The molecule has 1 aromatic rings. The molecule has 0 spiro atoms. The molecule has 1 saturated heterocycles. The first-order valence-electron chi connectivity index (χ1n) is 6.38. The van der Waals surface area contributed by atoms with Crippen LogP contribution in [0.4, 0.5) is 11.6 Å². The molecule has 3 N–H and O–H groups in total. The van der Waals surface area contributed by atoms with Crippen molar-refractivity contribution in [2.24, 2.45) is 5.84 Å². The van der Waals surface area contributed by atoms with Crippen molar-refractivity contribution in [1.29, 1.82) is 0 Å². The van der Waals surface area contributed by atoms with E-state index in [0.717, 1.165) is 18.8 Å². The van der Waals surface area contributed by atoms with Gasteiger partial charge < -0.3 is 15.1 Å². The van der Waals surface area contributed by atoms with Gasteiger partial charge in [-0.25, -0.2) is 15.8 Å². The lowest BCUT2D eigenvalue weighted by atomic mass is 10.2. The zero-order chi connectivity index (χ0) is 13.0. The predicted octanol–water partition coefficient (Wildman–Crippen LogP) is 1.29. The topological polar surface area (TPSA) is 76.3 Å². The number of rotatable bonds is 5. The Morgan fingerprint density at radius 3 is 3.06 bits per heavy atom. The Morgan fingerprint density at radius 2 is 2.39 bits per heavy atom. The molecule has 18 heavy (non-hydrogen) atoms. The molecule has 6 nitrogen and oxygen atoms in total. The van der Waals surface area contributed by atoms with Crippen molar-refractivity contribution in [1.82, 2.24) is 9.97 Å². The highest BCUT2D eigenvalue weighted by Gasteiger charge is 2.24. The molecule has 0 aromatic carbocycles. The number of nitrogen functional groups attached to an aromatic ring is 1. The second kappa shape index (κ2) is 5.97. The van der Waals surface area contributed by atoms with Crippen molar-refractivity contribution < 1.29 is 4.74 Å². The van der Waals surface area contributed by atoms with Crippen LogP contribution in [0.25, 0.3) is 0 Å². The smallest absolute Gasteiger partial charge is 0.158 e. The minimum Gasteiger partial charge on any atom is -0.377 e. The highest BCUT2D eigenvalue weighted by atomic mass is 16.5. The van der Waals surface area contributed by atoms with Crippen LogP contribution in [-0.4, -0.2) is 29.7 Å². The number of aromatic nitrogens is 2. The van der Waals surface area contributed by atoms with Gasteiger partial charge in [0.2, 0.25) is 0 Å². The molecule has 1 aliphatic heterocycles. The Morgan fingerprint density at radius 1 is 1.56 bits per heavy atom. The molecule has 1 atom stereocenters. The molecule has 1 unspecified atom stereocenters. The third-order valence-electron chi connectivity index (χ3n) is 3.32. The fourth-order valence-corrected chi connectivity index (χ4v) is 2.46. The van der Waals surface area contributed by atoms with Crippen molar-refractivity contribution in [3.8, 4) is 0 Å². The minimum absolute atomic E-state index is 0.396. The van der Waals surface area contributed by atoms with E-state index >= 15 is 0 Å². The largest absolute Gasteiger partial charge is 0.377 e. The lowest BCUT2D eigenvalue weighted by Gasteiger charge is -2.25. The second-order valence-electron chi connectivity index (χ2n) is 4.50. The molecule has 1 fully saturated rings. The third-order valence-corrected chi connectivity index (χ3v) is 3.32. The van der Waals surface area contributed by atoms with Crippen molar-refractivity contribution in [3.63, 3.8) is 0 Å². The highest BCUT2D eigenvalue weighted by Crippen LogP contribution is 2.27. The van der Waals surface area contributed by atoms with E-state index in [-0.39, 0.29) is 0 Å². The van der Waals surface area contributed by atoms with Crippen molar-refractivity contribution in [2.75, 3.05) is 24.0 Å². The van der Waals surface area contributed by atoms with Crippen LogP contribution in [-0.2, 0) is 11.3 Å². The summed E-state index contributed by atoms with van der Waals surface area (Å²) >= 11 is 0. The number of anilines is 2. The number of nitrogens with two attached hydrogens (primary N) is 1. The first-order valence-corrected chi connectivity index (χ1v) is 6.38. The van der Waals surface area contributed by atoms with Crippen LogP contribution < -0.4 is 16.2 Å². The van der Waals surface area contributed by atoms with Gasteiger partial charge in [-0.15, -0.1) is 0 Å². The van der Waals surface area contributed by atoms with Gasteiger partial charge in [-0.2, -0.15) is 0 Å². The molecule has 1 aromatic heterocycles. The molecule has 0 bridgehead atoms. The van der Waals surface area contributed by atoms with Crippen molar-refractivity contribution >= 4 is 11.6 Å². The normalized spacial score (nSPS) is 19.3. The Kier molecular flexibility index (Phi) is 4.33. The average Bonchev–Trinajstić information content (AvgIpc) is 2.87. The van der Waals surface area contributed by atoms with Gasteiger partial charge in [-0.3, -0.25) is 0 Å². The van der Waals surface area contributed by atoms with Crippen LogP contribution in [0.15, 0.2) is 6.07 Å². The lowest BCUT2D eigenvalue weighted by molar-refractivity contribution is 0.178. The fraction of sp³-hybridized carbons (Fsp3) is 0.667. The first-order chi connectivity index (χ1) is 8.78. The molecule has 0 radical (unpaired) electrons. The first kappa shape index (κ1) is 13.0. The predicted molar refractivity (Wildman–Crippen MR) is 71.2 cm³/mol. The summed E-state index contributed by atoms with van der Waals surface area (Å²) in [6, 6.07) is 2.47. The van der Waals surface area contributed by atoms with Gasteiger partial charge in [0.15, 0.2) is 5.82 Å². The Hall–Kier alpha value is -1.40. The van der Waals surface area contributed by atoms with E-state index in [1.807, 2.05) is 6.07 Å². The third kappa shape index (κ3) is 2.70. The lowest BCUT2D eigenvalue weighted by Crippen LogP contribution is -2.30. The molecule has 2 rings (SSSR count). The second-order valence-corrected chi connectivity index (χ2v) is 4.50. The number of nitrogens with one attached hydrogen (secondary N) is 1. The average molecular weight is 251 g/mol. The number of methoxy groups -OCH3 is 1. The summed E-state index contributed by atoms with van der Waals surface area (Å²) in [5.74, 6) is 7.68. The molecule has 2 heterocycles. The maximum absolute atomic E-state index is 5.45. The molecule has 6 heteroatoms. The number of hydrazine groups is 1. The zero-order valence-electron chi connectivity index (χ0n) is 11.0. The summed E-state index contributed by atoms with van der Waals surface area (Å²) in [7, 11) is 1.64. The molecule has 0 saturated carbocycles. The van der Waals surface area contributed by atoms with Crippen molar-refractivity contribution in [3.05, 3.63) is 11.9 Å². The van der Waals surface area contributed by atoms with E-state index in [4.69, 9.17) is 10.6 Å². The van der Waals surface area contributed by atoms with Gasteiger partial charge >= 0.3 is 0 Å². The van der Waals surface area contributed by atoms with Gasteiger partial charge in [0.05, 0.1) is 0 Å². The van der Waals surface area contributed by atoms with Crippen LogP contribution in [0.1, 0.15) is 32.0 Å². The summed E-state index contributed by atoms with van der Waals surface area (Å²) in [5, 5.41) is 0. The standard InChI is InChI=1S/C12H21N5O/c1-3-9-5-4-6-17(9)12-7-10(16-13)14-11(15-12)8-18-2/h7,9H,3-6,8,13H2,1-2H3,(H,14,15,16). The zero-order valence-corrected chi connectivity index (χ0v) is 11.0. The van der Waals surface area contributed by atoms with Crippen LogP contribution in [0.3, 0.4) is 0 Å². The summed E-state index contributed by atoms with van der Waals surface area (Å²) in [4.78, 5) is 11.1. The Balaban J connectivity index is 2.27. The molecule has 0 aliphatic carbocycles. The molecular formula is C12H21N5O. The quantitative estimate of drug-likeness (QED) is 0.606. The number of nitrogens with zero attached hydrogens (tertiary/aromatic N) is 3. The fourth-order valence-electron chi connectivity index (χ4n) is 2.46. The summed E-state index contributed by atoms with van der Waals surface area (Å²) < 4.78 is 5.09. The maximum Gasteiger partial charge on any atom is 0.158 e. The molecule has 100 valence electrons. The Bertz CT molecular complexity index is 398. The van der Waals surface area contributed by atoms with Crippen LogP contribution in [0, 0.1) is 0 Å². The monoisotopic (exact) mass is 251 g/mol. The van der Waals surface area contributed by atoms with Gasteiger partial charge in [0.1, 0.15) is 18.2 Å². The van der Waals surface area contributed by atoms with E-state index < -0.39 is 0 Å². The molecule has 0 amide bonds. The van der Waals surface area contributed by atoms with E-state index in [1.165, 1.54) is 12.8 Å². The van der Waals surface area contributed by atoms with E-state index in [9.17, 15) is 0 Å². The van der Waals surface area contributed by atoms with Crippen LogP contribution in [0.5, 0.6) is 0 Å². The highest BCUT2D eigenvalue weighted by molar-refractivity contribution is 5.50. The number of hydrogen-bond acceptors (Lipinski definition) is 6. The minimum atomic E-state index is 0.396. The van der Waals surface area contributed by atoms with Gasteiger partial charge in [0.25, 0.3) is 0 Å². The summed E-state index contributed by atoms with van der Waals surface area (Å²) in [6.45, 7) is 3.65. The molecule has 1 aliphatic rings. The van der Waals surface area contributed by atoms with Crippen LogP contribution >= 0.6 is 0 Å².